The standard InChI is InChI=1S/C10H18O8/c11-4-2-18-9(7(14)6(4)13)10(16)3-17-1-5(12)8(10)15/h4-9,11-16H,1-3H2/t4-,5+,6+,7-,8-,9-,10-/m1/s1. The van der Waals surface area contributed by atoms with E-state index in [-0.39, 0.29) is 19.8 Å². The van der Waals surface area contributed by atoms with Gasteiger partial charge in [-0.05, 0) is 0 Å². The Morgan fingerprint density at radius 3 is 2.22 bits per heavy atom. The molecule has 2 aliphatic heterocycles. The highest BCUT2D eigenvalue weighted by atomic mass is 16.6. The van der Waals surface area contributed by atoms with Crippen molar-refractivity contribution in [2.75, 3.05) is 19.8 Å². The predicted octanol–water partition coefficient (Wildman–Crippen LogP) is -4.05. The molecule has 7 atom stereocenters. The molecule has 8 heteroatoms. The number of aliphatic hydroxyl groups is 6. The lowest BCUT2D eigenvalue weighted by atomic mass is 9.80. The van der Waals surface area contributed by atoms with Crippen LogP contribution in [-0.4, -0.2) is 92.7 Å². The molecule has 0 spiro atoms. The topological polar surface area (TPSA) is 140 Å². The summed E-state index contributed by atoms with van der Waals surface area (Å²) in [6.45, 7) is -0.790. The molecule has 106 valence electrons. The van der Waals surface area contributed by atoms with Crippen molar-refractivity contribution in [3.8, 4) is 0 Å². The minimum Gasteiger partial charge on any atom is -0.388 e. The third-order valence-corrected chi connectivity index (χ3v) is 3.49. The van der Waals surface area contributed by atoms with E-state index in [4.69, 9.17) is 9.47 Å². The number of ether oxygens (including phenoxy) is 2. The number of hydrogen-bond acceptors (Lipinski definition) is 8. The summed E-state index contributed by atoms with van der Waals surface area (Å²) in [4.78, 5) is 0. The Morgan fingerprint density at radius 1 is 0.889 bits per heavy atom. The Balaban J connectivity index is 2.18. The van der Waals surface area contributed by atoms with Gasteiger partial charge in [0.15, 0.2) is 0 Å². The van der Waals surface area contributed by atoms with E-state index in [1.807, 2.05) is 0 Å². The van der Waals surface area contributed by atoms with E-state index in [9.17, 15) is 30.6 Å². The molecule has 0 saturated carbocycles. The molecule has 18 heavy (non-hydrogen) atoms. The summed E-state index contributed by atoms with van der Waals surface area (Å²) in [6, 6.07) is 0. The Kier molecular flexibility index (Phi) is 3.90. The normalized spacial score (nSPS) is 54.3. The number of aliphatic hydroxyl groups excluding tert-OH is 5. The minimum atomic E-state index is -2.04. The van der Waals surface area contributed by atoms with E-state index >= 15 is 0 Å². The molecule has 2 aliphatic rings. The fraction of sp³-hybridized carbons (Fsp3) is 1.00. The van der Waals surface area contributed by atoms with Crippen LogP contribution in [0, 0.1) is 0 Å². The van der Waals surface area contributed by atoms with Crippen LogP contribution in [0.1, 0.15) is 0 Å². The maximum atomic E-state index is 10.3. The summed E-state index contributed by atoms with van der Waals surface area (Å²) in [7, 11) is 0. The number of hydrogen-bond donors (Lipinski definition) is 6. The van der Waals surface area contributed by atoms with Crippen molar-refractivity contribution in [2.24, 2.45) is 0 Å². The highest BCUT2D eigenvalue weighted by molar-refractivity contribution is 5.05. The molecule has 0 radical (unpaired) electrons. The van der Waals surface area contributed by atoms with Gasteiger partial charge in [0.25, 0.3) is 0 Å². The van der Waals surface area contributed by atoms with Crippen molar-refractivity contribution in [1.82, 2.24) is 0 Å². The molecule has 8 nitrogen and oxygen atoms in total. The van der Waals surface area contributed by atoms with Crippen LogP contribution < -0.4 is 0 Å². The van der Waals surface area contributed by atoms with Crippen molar-refractivity contribution in [3.63, 3.8) is 0 Å². The lowest BCUT2D eigenvalue weighted by molar-refractivity contribution is -0.294. The molecule has 0 aromatic heterocycles. The Morgan fingerprint density at radius 2 is 1.56 bits per heavy atom. The second-order valence-corrected chi connectivity index (χ2v) is 4.82. The first-order valence-electron chi connectivity index (χ1n) is 5.70. The van der Waals surface area contributed by atoms with Crippen molar-refractivity contribution < 1.29 is 40.1 Å². The van der Waals surface area contributed by atoms with E-state index in [1.54, 1.807) is 0 Å². The quantitative estimate of drug-likeness (QED) is 0.282. The van der Waals surface area contributed by atoms with Crippen LogP contribution in [0.2, 0.25) is 0 Å². The van der Waals surface area contributed by atoms with Crippen molar-refractivity contribution in [1.29, 1.82) is 0 Å². The summed E-state index contributed by atoms with van der Waals surface area (Å²) >= 11 is 0. The molecule has 0 aromatic rings. The largest absolute Gasteiger partial charge is 0.388 e. The second kappa shape index (κ2) is 4.99. The smallest absolute Gasteiger partial charge is 0.145 e. The lowest BCUT2D eigenvalue weighted by Crippen LogP contribution is -2.70. The first-order chi connectivity index (χ1) is 8.38. The van der Waals surface area contributed by atoms with Crippen LogP contribution in [0.25, 0.3) is 0 Å². The maximum Gasteiger partial charge on any atom is 0.145 e. The SMILES string of the molecule is O[C@@H]1[C@@H](O)[C@H]([C@@]2(O)COC[C@H](O)[C@H]2O)OC[C@H]1O. The molecule has 0 aromatic carbocycles. The molecule has 6 N–H and O–H groups in total. The Hall–Kier alpha value is -0.320. The van der Waals surface area contributed by atoms with Crippen molar-refractivity contribution in [2.45, 2.75) is 42.2 Å². The van der Waals surface area contributed by atoms with Gasteiger partial charge < -0.3 is 40.1 Å². The molecule has 0 unspecified atom stereocenters. The Labute approximate surface area is 103 Å². The van der Waals surface area contributed by atoms with Gasteiger partial charge in [0.2, 0.25) is 0 Å². The van der Waals surface area contributed by atoms with E-state index < -0.39 is 42.2 Å². The van der Waals surface area contributed by atoms with E-state index in [0.29, 0.717) is 0 Å². The number of rotatable bonds is 1. The molecule has 0 aliphatic carbocycles. The van der Waals surface area contributed by atoms with E-state index in [2.05, 4.69) is 0 Å². The summed E-state index contributed by atoms with van der Waals surface area (Å²) in [5.41, 5.74) is -2.04. The fourth-order valence-corrected chi connectivity index (χ4v) is 2.35. The van der Waals surface area contributed by atoms with Crippen molar-refractivity contribution in [3.05, 3.63) is 0 Å². The van der Waals surface area contributed by atoms with Gasteiger partial charge >= 0.3 is 0 Å². The summed E-state index contributed by atoms with van der Waals surface area (Å²) in [5.74, 6) is 0. The molecule has 2 rings (SSSR count). The van der Waals surface area contributed by atoms with Crippen LogP contribution in [0.4, 0.5) is 0 Å². The molecular formula is C10H18O8. The van der Waals surface area contributed by atoms with Crippen molar-refractivity contribution >= 4 is 0 Å². The summed E-state index contributed by atoms with van der Waals surface area (Å²) in [5, 5.41) is 58.2. The van der Waals surface area contributed by atoms with Gasteiger partial charge in [0, 0.05) is 0 Å². The third kappa shape index (κ3) is 2.15. The van der Waals surface area contributed by atoms with Crippen LogP contribution in [0.3, 0.4) is 0 Å². The summed E-state index contributed by atoms with van der Waals surface area (Å²) in [6.07, 6.45) is -8.62. The van der Waals surface area contributed by atoms with Crippen LogP contribution in [0.15, 0.2) is 0 Å². The first-order valence-corrected chi connectivity index (χ1v) is 5.70. The molecule has 2 saturated heterocycles. The zero-order chi connectivity index (χ0) is 13.5. The molecule has 2 fully saturated rings. The predicted molar refractivity (Wildman–Crippen MR) is 55.5 cm³/mol. The first kappa shape index (κ1) is 14.1. The minimum absolute atomic E-state index is 0.141. The highest BCUT2D eigenvalue weighted by Crippen LogP contribution is 2.31. The maximum absolute atomic E-state index is 10.3. The molecule has 0 bridgehead atoms. The summed E-state index contributed by atoms with van der Waals surface area (Å²) < 4.78 is 10.0. The molecular weight excluding hydrogens is 248 g/mol. The van der Waals surface area contributed by atoms with Crippen LogP contribution >= 0.6 is 0 Å². The fourth-order valence-electron chi connectivity index (χ4n) is 2.35. The van der Waals surface area contributed by atoms with E-state index in [0.717, 1.165) is 0 Å². The lowest BCUT2D eigenvalue weighted by Gasteiger charge is -2.48. The monoisotopic (exact) mass is 266 g/mol. The van der Waals surface area contributed by atoms with Gasteiger partial charge in [-0.15, -0.1) is 0 Å². The Bertz CT molecular complexity index is 300. The van der Waals surface area contributed by atoms with Gasteiger partial charge in [0.1, 0.15) is 42.2 Å². The van der Waals surface area contributed by atoms with Crippen LogP contribution in [-0.2, 0) is 9.47 Å². The molecule has 2 heterocycles. The molecule has 0 amide bonds. The van der Waals surface area contributed by atoms with Gasteiger partial charge in [0.05, 0.1) is 19.8 Å². The van der Waals surface area contributed by atoms with Gasteiger partial charge in [-0.1, -0.05) is 0 Å². The van der Waals surface area contributed by atoms with Gasteiger partial charge in [-0.25, -0.2) is 0 Å². The zero-order valence-corrected chi connectivity index (χ0v) is 9.59. The second-order valence-electron chi connectivity index (χ2n) is 4.82. The van der Waals surface area contributed by atoms with Crippen LogP contribution in [0.5, 0.6) is 0 Å². The van der Waals surface area contributed by atoms with Gasteiger partial charge in [-0.2, -0.15) is 0 Å². The highest BCUT2D eigenvalue weighted by Gasteiger charge is 2.56. The zero-order valence-electron chi connectivity index (χ0n) is 9.59. The van der Waals surface area contributed by atoms with E-state index in [1.165, 1.54) is 0 Å². The van der Waals surface area contributed by atoms with Gasteiger partial charge in [-0.3, -0.25) is 0 Å². The average Bonchev–Trinajstić information content (AvgIpc) is 2.33. The third-order valence-electron chi connectivity index (χ3n) is 3.49. The average molecular weight is 266 g/mol.